The molecule has 0 radical (unpaired) electrons. The highest BCUT2D eigenvalue weighted by molar-refractivity contribution is 5.79. The van der Waals surface area contributed by atoms with E-state index in [2.05, 4.69) is 5.32 Å². The van der Waals surface area contributed by atoms with E-state index in [0.29, 0.717) is 13.0 Å². The van der Waals surface area contributed by atoms with Crippen LogP contribution in [0.25, 0.3) is 0 Å². The van der Waals surface area contributed by atoms with Gasteiger partial charge in [0.1, 0.15) is 5.75 Å². The number of benzene rings is 1. The minimum atomic E-state index is -0.355. The van der Waals surface area contributed by atoms with E-state index in [1.807, 2.05) is 57.1 Å². The molecule has 0 spiro atoms. The summed E-state index contributed by atoms with van der Waals surface area (Å²) < 4.78 is 5.68. The molecule has 1 rings (SSSR count). The van der Waals surface area contributed by atoms with Crippen molar-refractivity contribution in [2.45, 2.75) is 32.4 Å². The monoisotopic (exact) mass is 279 g/mol. The van der Waals surface area contributed by atoms with E-state index in [9.17, 15) is 4.79 Å². The molecule has 20 heavy (non-hydrogen) atoms. The maximum absolute atomic E-state index is 11.3. The first-order chi connectivity index (χ1) is 9.40. The Kier molecular flexibility index (Phi) is 6.31. The zero-order chi connectivity index (χ0) is 15.1. The van der Waals surface area contributed by atoms with Crippen LogP contribution in [0.15, 0.2) is 24.3 Å². The molecule has 0 aliphatic heterocycles. The van der Waals surface area contributed by atoms with E-state index in [1.54, 1.807) is 0 Å². The molecule has 1 unspecified atom stereocenters. The summed E-state index contributed by atoms with van der Waals surface area (Å²) in [6.07, 6.45) is 0.555. The molecule has 1 aromatic rings. The first kappa shape index (κ1) is 16.3. The minimum Gasteiger partial charge on any atom is -0.493 e. The maximum atomic E-state index is 11.3. The molecule has 1 atom stereocenters. The van der Waals surface area contributed by atoms with Gasteiger partial charge in [0, 0.05) is 38.3 Å². The van der Waals surface area contributed by atoms with E-state index in [0.717, 1.165) is 11.4 Å². The average Bonchev–Trinajstić information content (AvgIpc) is 2.37. The number of carbonyl (C=O) groups is 1. The highest BCUT2D eigenvalue weighted by Gasteiger charge is 2.15. The summed E-state index contributed by atoms with van der Waals surface area (Å²) in [6.45, 7) is 4.42. The predicted molar refractivity (Wildman–Crippen MR) is 82.1 cm³/mol. The number of nitrogens with one attached hydrogen (secondary N) is 1. The summed E-state index contributed by atoms with van der Waals surface area (Å²) in [5, 5.41) is 3.13. The smallest absolute Gasteiger partial charge is 0.234 e. The van der Waals surface area contributed by atoms with Crippen LogP contribution in [-0.4, -0.2) is 38.7 Å². The van der Waals surface area contributed by atoms with Crippen LogP contribution in [0.3, 0.4) is 0 Å². The van der Waals surface area contributed by atoms with Crippen LogP contribution in [-0.2, 0) is 4.79 Å². The van der Waals surface area contributed by atoms with Gasteiger partial charge in [-0.05, 0) is 12.1 Å². The number of ether oxygens (including phenoxy) is 1. The molecule has 1 amide bonds. The Morgan fingerprint density at radius 2 is 2.10 bits per heavy atom. The molecule has 0 fully saturated rings. The lowest BCUT2D eigenvalue weighted by Crippen LogP contribution is -2.45. The molecule has 112 valence electrons. The van der Waals surface area contributed by atoms with E-state index in [4.69, 9.17) is 10.5 Å². The van der Waals surface area contributed by atoms with E-state index >= 15 is 0 Å². The van der Waals surface area contributed by atoms with Crippen molar-refractivity contribution in [1.82, 2.24) is 5.32 Å². The van der Waals surface area contributed by atoms with Gasteiger partial charge in [0.05, 0.1) is 12.6 Å². The second-order valence-electron chi connectivity index (χ2n) is 5.31. The van der Waals surface area contributed by atoms with Crippen LogP contribution in [0.2, 0.25) is 0 Å². The van der Waals surface area contributed by atoms with Crippen LogP contribution < -0.4 is 20.7 Å². The van der Waals surface area contributed by atoms with Crippen molar-refractivity contribution in [1.29, 1.82) is 0 Å². The summed E-state index contributed by atoms with van der Waals surface area (Å²) in [7, 11) is 3.96. The van der Waals surface area contributed by atoms with Gasteiger partial charge in [-0.1, -0.05) is 19.9 Å². The molecular weight excluding hydrogens is 254 g/mol. The lowest BCUT2D eigenvalue weighted by molar-refractivity contribution is -0.120. The zero-order valence-electron chi connectivity index (χ0n) is 12.7. The number of primary amides is 1. The topological polar surface area (TPSA) is 67.6 Å². The van der Waals surface area contributed by atoms with Crippen molar-refractivity contribution >= 4 is 11.6 Å². The summed E-state index contributed by atoms with van der Waals surface area (Å²) in [5.74, 6) is 0.452. The third-order valence-electron chi connectivity index (χ3n) is 2.89. The van der Waals surface area contributed by atoms with Gasteiger partial charge in [0.15, 0.2) is 0 Å². The summed E-state index contributed by atoms with van der Waals surface area (Å²) in [5.41, 5.74) is 6.44. The standard InChI is InChI=1S/C15H25N3O2/c1-11(2)17-14(15(16)19)8-9-20-13-7-5-6-12(10-13)18(3)4/h5-7,10-11,14,17H,8-9H2,1-4H3,(H2,16,19). The van der Waals surface area contributed by atoms with Crippen LogP contribution in [0.1, 0.15) is 20.3 Å². The van der Waals surface area contributed by atoms with E-state index in [1.165, 1.54) is 0 Å². The highest BCUT2D eigenvalue weighted by Crippen LogP contribution is 2.19. The van der Waals surface area contributed by atoms with Gasteiger partial charge in [-0.15, -0.1) is 0 Å². The van der Waals surface area contributed by atoms with Gasteiger partial charge in [-0.25, -0.2) is 0 Å². The Morgan fingerprint density at radius 3 is 2.65 bits per heavy atom. The first-order valence-electron chi connectivity index (χ1n) is 6.85. The number of rotatable bonds is 8. The molecule has 0 aliphatic carbocycles. The van der Waals surface area contributed by atoms with Crippen LogP contribution in [0.4, 0.5) is 5.69 Å². The number of hydrogen-bond donors (Lipinski definition) is 2. The van der Waals surface area contributed by atoms with E-state index in [-0.39, 0.29) is 18.0 Å². The summed E-state index contributed by atoms with van der Waals surface area (Å²) in [4.78, 5) is 13.3. The Hall–Kier alpha value is -1.75. The molecule has 0 saturated carbocycles. The van der Waals surface area contributed by atoms with Gasteiger partial charge >= 0.3 is 0 Å². The fraction of sp³-hybridized carbons (Fsp3) is 0.533. The third kappa shape index (κ3) is 5.48. The second kappa shape index (κ2) is 7.75. The van der Waals surface area contributed by atoms with Crippen molar-refractivity contribution in [3.8, 4) is 5.75 Å². The second-order valence-corrected chi connectivity index (χ2v) is 5.31. The Labute approximate surface area is 121 Å². The molecule has 1 aromatic carbocycles. The van der Waals surface area contributed by atoms with Crippen molar-refractivity contribution in [3.05, 3.63) is 24.3 Å². The molecule has 0 heterocycles. The lowest BCUT2D eigenvalue weighted by Gasteiger charge is -2.19. The molecule has 3 N–H and O–H groups in total. The molecular formula is C15H25N3O2. The molecule has 5 heteroatoms. The quantitative estimate of drug-likeness (QED) is 0.754. The number of anilines is 1. The lowest BCUT2D eigenvalue weighted by atomic mass is 10.2. The van der Waals surface area contributed by atoms with Gasteiger partial charge in [-0.2, -0.15) is 0 Å². The molecule has 5 nitrogen and oxygen atoms in total. The number of amides is 1. The molecule has 0 aromatic heterocycles. The normalized spacial score (nSPS) is 12.2. The number of carbonyl (C=O) groups excluding carboxylic acids is 1. The first-order valence-corrected chi connectivity index (χ1v) is 6.85. The largest absolute Gasteiger partial charge is 0.493 e. The van der Waals surface area contributed by atoms with Crippen LogP contribution in [0.5, 0.6) is 5.75 Å². The summed E-state index contributed by atoms with van der Waals surface area (Å²) in [6, 6.07) is 7.69. The highest BCUT2D eigenvalue weighted by atomic mass is 16.5. The van der Waals surface area contributed by atoms with Gasteiger partial charge in [-0.3, -0.25) is 4.79 Å². The van der Waals surface area contributed by atoms with Crippen LogP contribution in [0, 0.1) is 0 Å². The fourth-order valence-corrected chi connectivity index (χ4v) is 1.86. The average molecular weight is 279 g/mol. The van der Waals surface area contributed by atoms with Crippen molar-refractivity contribution in [3.63, 3.8) is 0 Å². The van der Waals surface area contributed by atoms with Gasteiger partial charge in [0.25, 0.3) is 0 Å². The van der Waals surface area contributed by atoms with Gasteiger partial charge < -0.3 is 20.7 Å². The molecule has 0 aliphatic rings. The van der Waals surface area contributed by atoms with Gasteiger partial charge in [0.2, 0.25) is 5.91 Å². The minimum absolute atomic E-state index is 0.213. The van der Waals surface area contributed by atoms with E-state index < -0.39 is 0 Å². The summed E-state index contributed by atoms with van der Waals surface area (Å²) >= 11 is 0. The van der Waals surface area contributed by atoms with Crippen molar-refractivity contribution < 1.29 is 9.53 Å². The van der Waals surface area contributed by atoms with Crippen molar-refractivity contribution in [2.24, 2.45) is 5.73 Å². The molecule has 0 bridgehead atoms. The molecule has 0 saturated heterocycles. The number of nitrogens with two attached hydrogens (primary N) is 1. The Bertz CT molecular complexity index is 433. The Balaban J connectivity index is 2.50. The van der Waals surface area contributed by atoms with Crippen LogP contribution >= 0.6 is 0 Å². The van der Waals surface area contributed by atoms with Crippen molar-refractivity contribution in [2.75, 3.05) is 25.6 Å². The Morgan fingerprint density at radius 1 is 1.40 bits per heavy atom. The maximum Gasteiger partial charge on any atom is 0.234 e. The third-order valence-corrected chi connectivity index (χ3v) is 2.89. The zero-order valence-corrected chi connectivity index (χ0v) is 12.7. The number of hydrogen-bond acceptors (Lipinski definition) is 4. The predicted octanol–water partition coefficient (Wildman–Crippen LogP) is 1.37. The number of nitrogens with zero attached hydrogens (tertiary/aromatic N) is 1. The fourth-order valence-electron chi connectivity index (χ4n) is 1.86. The SMILES string of the molecule is CC(C)NC(CCOc1cccc(N(C)C)c1)C(N)=O.